The van der Waals surface area contributed by atoms with Crippen molar-refractivity contribution in [1.29, 1.82) is 0 Å². The van der Waals surface area contributed by atoms with Crippen molar-refractivity contribution in [2.75, 3.05) is 5.32 Å². The molecule has 0 aliphatic carbocycles. The Kier molecular flexibility index (Phi) is 5.18. The van der Waals surface area contributed by atoms with Gasteiger partial charge < -0.3 is 10.1 Å². The number of halogens is 1. The summed E-state index contributed by atoms with van der Waals surface area (Å²) in [5.41, 5.74) is 1.05. The molecular formula is C16H11IN2O4S2. The zero-order chi connectivity index (χ0) is 18.0. The summed E-state index contributed by atoms with van der Waals surface area (Å²) in [7, 11) is -4.39. The molecular weight excluding hydrogens is 475 g/mol. The van der Waals surface area contributed by atoms with Crippen molar-refractivity contribution in [3.05, 3.63) is 58.3 Å². The average Bonchev–Trinajstić information content (AvgIpc) is 2.57. The molecule has 0 amide bonds. The van der Waals surface area contributed by atoms with Crippen LogP contribution in [0.3, 0.4) is 0 Å². The van der Waals surface area contributed by atoms with Gasteiger partial charge in [0.1, 0.15) is 10.4 Å². The first kappa shape index (κ1) is 18.0. The summed E-state index contributed by atoms with van der Waals surface area (Å²) in [5, 5.41) is 3.28. The molecule has 0 fully saturated rings. The minimum Gasteiger partial charge on any atom is -0.428 e. The van der Waals surface area contributed by atoms with Gasteiger partial charge in [0.05, 0.1) is 3.57 Å². The van der Waals surface area contributed by atoms with Crippen LogP contribution in [0, 0.1) is 3.57 Å². The summed E-state index contributed by atoms with van der Waals surface area (Å²) in [4.78, 5) is 3.96. The number of para-hydroxylation sites is 1. The van der Waals surface area contributed by atoms with Gasteiger partial charge in [-0.15, -0.1) is 0 Å². The molecule has 0 bridgehead atoms. The molecule has 6 nitrogen and oxygen atoms in total. The van der Waals surface area contributed by atoms with Gasteiger partial charge in [-0.2, -0.15) is 8.42 Å². The van der Waals surface area contributed by atoms with Gasteiger partial charge in [0.15, 0.2) is 5.75 Å². The second kappa shape index (κ2) is 7.20. The minimum atomic E-state index is -4.39. The number of benzene rings is 2. The molecule has 2 aromatic carbocycles. The molecule has 3 aromatic rings. The van der Waals surface area contributed by atoms with Crippen LogP contribution in [0.15, 0.2) is 59.6 Å². The van der Waals surface area contributed by atoms with E-state index < -0.39 is 10.1 Å². The van der Waals surface area contributed by atoms with Crippen LogP contribution in [0.5, 0.6) is 5.75 Å². The molecule has 0 saturated heterocycles. The van der Waals surface area contributed by atoms with Crippen molar-refractivity contribution >= 4 is 66.7 Å². The van der Waals surface area contributed by atoms with Crippen LogP contribution in [0.1, 0.15) is 0 Å². The Balaban J connectivity index is 2.02. The molecule has 0 radical (unpaired) electrons. The first-order chi connectivity index (χ1) is 11.9. The summed E-state index contributed by atoms with van der Waals surface area (Å²) in [6.07, 6.45) is 1.51. The Hall–Kier alpha value is -1.82. The van der Waals surface area contributed by atoms with E-state index >= 15 is 0 Å². The third-order valence-corrected chi connectivity index (χ3v) is 5.14. The predicted octanol–water partition coefficient (Wildman–Crippen LogP) is 3.86. The molecule has 0 spiro atoms. The molecule has 1 aromatic heterocycles. The molecule has 9 heteroatoms. The number of nitrogens with zero attached hydrogens (tertiary/aromatic N) is 1. The highest BCUT2D eigenvalue weighted by Gasteiger charge is 2.21. The van der Waals surface area contributed by atoms with Crippen LogP contribution in [0.2, 0.25) is 0 Å². The molecule has 1 heterocycles. The zero-order valence-corrected chi connectivity index (χ0v) is 16.3. The molecule has 0 atom stereocenters. The van der Waals surface area contributed by atoms with Crippen LogP contribution in [-0.4, -0.2) is 23.1 Å². The van der Waals surface area contributed by atoms with E-state index in [-0.39, 0.29) is 15.5 Å². The number of nitrogens with one attached hydrogen (secondary N) is 1. The summed E-state index contributed by atoms with van der Waals surface area (Å²) in [6, 6.07) is 13.7. The Bertz CT molecular complexity index is 1060. The van der Waals surface area contributed by atoms with E-state index in [1.807, 2.05) is 52.9 Å². The quantitative estimate of drug-likeness (QED) is 0.330. The van der Waals surface area contributed by atoms with Gasteiger partial charge in [0.2, 0.25) is 0 Å². The van der Waals surface area contributed by atoms with E-state index in [9.17, 15) is 13.0 Å². The average molecular weight is 486 g/mol. The van der Waals surface area contributed by atoms with Gasteiger partial charge in [-0.1, -0.05) is 18.2 Å². The van der Waals surface area contributed by atoms with Gasteiger partial charge in [-0.25, -0.2) is 0 Å². The molecule has 3 rings (SSSR count). The molecule has 128 valence electrons. The van der Waals surface area contributed by atoms with E-state index in [0.717, 1.165) is 5.69 Å². The van der Waals surface area contributed by atoms with Crippen molar-refractivity contribution in [1.82, 2.24) is 4.98 Å². The number of hydrogen-bond acceptors (Lipinski definition) is 5. The van der Waals surface area contributed by atoms with E-state index in [4.69, 9.17) is 17.0 Å². The third kappa shape index (κ3) is 4.06. The van der Waals surface area contributed by atoms with Crippen LogP contribution in [0.25, 0.3) is 10.9 Å². The number of thiocarbonyl (C=S) groups is 1. The van der Waals surface area contributed by atoms with Gasteiger partial charge in [0, 0.05) is 17.3 Å². The van der Waals surface area contributed by atoms with E-state index in [1.54, 1.807) is 12.1 Å². The number of hydrogen-bond donors (Lipinski definition) is 2. The lowest BCUT2D eigenvalue weighted by molar-refractivity contribution is 0.484. The first-order valence-corrected chi connectivity index (χ1v) is 9.87. The number of rotatable bonds is 3. The van der Waals surface area contributed by atoms with Gasteiger partial charge in [-0.3, -0.25) is 9.54 Å². The molecule has 0 aliphatic rings. The fraction of sp³-hybridized carbons (Fsp3) is 0. The van der Waals surface area contributed by atoms with E-state index in [0.29, 0.717) is 14.8 Å². The highest BCUT2D eigenvalue weighted by molar-refractivity contribution is 14.1. The highest BCUT2D eigenvalue weighted by Crippen LogP contribution is 2.34. The summed E-state index contributed by atoms with van der Waals surface area (Å²) >= 11 is 7.13. The number of anilines is 1. The van der Waals surface area contributed by atoms with Crippen LogP contribution < -0.4 is 10.1 Å². The van der Waals surface area contributed by atoms with Crippen molar-refractivity contribution in [2.45, 2.75) is 4.90 Å². The zero-order valence-electron chi connectivity index (χ0n) is 12.5. The smallest absolute Gasteiger partial charge is 0.295 e. The van der Waals surface area contributed by atoms with E-state index in [1.165, 1.54) is 12.3 Å². The van der Waals surface area contributed by atoms with Gasteiger partial charge >= 0.3 is 0 Å². The van der Waals surface area contributed by atoms with Crippen molar-refractivity contribution in [3.8, 4) is 5.75 Å². The standard InChI is InChI=1S/C16H11IN2O4S2/c17-12-9-13(25(20,21)22)11-7-4-8-18-14(11)15(12)23-16(24)19-10-5-2-1-3-6-10/h1-9H,(H,19,24)(H,20,21,22). The van der Waals surface area contributed by atoms with Crippen molar-refractivity contribution in [2.24, 2.45) is 0 Å². The van der Waals surface area contributed by atoms with Crippen LogP contribution in [-0.2, 0) is 10.1 Å². The normalized spacial score (nSPS) is 11.3. The monoisotopic (exact) mass is 486 g/mol. The summed E-state index contributed by atoms with van der Waals surface area (Å²) in [5.74, 6) is 0.317. The number of aromatic nitrogens is 1. The predicted molar refractivity (Wildman–Crippen MR) is 108 cm³/mol. The fourth-order valence-corrected chi connectivity index (χ4v) is 4.02. The molecule has 0 saturated carbocycles. The van der Waals surface area contributed by atoms with Crippen LogP contribution in [0.4, 0.5) is 5.69 Å². The lowest BCUT2D eigenvalue weighted by Gasteiger charge is -2.14. The summed E-state index contributed by atoms with van der Waals surface area (Å²) in [6.45, 7) is 0. The number of pyridine rings is 1. The lowest BCUT2D eigenvalue weighted by atomic mass is 10.2. The highest BCUT2D eigenvalue weighted by atomic mass is 127. The van der Waals surface area contributed by atoms with Crippen LogP contribution >= 0.6 is 34.8 Å². The van der Waals surface area contributed by atoms with Gasteiger partial charge in [0.25, 0.3) is 15.3 Å². The third-order valence-electron chi connectivity index (χ3n) is 3.26. The topological polar surface area (TPSA) is 88.5 Å². The maximum atomic E-state index is 11.6. The molecule has 2 N–H and O–H groups in total. The number of ether oxygens (including phenoxy) is 1. The lowest BCUT2D eigenvalue weighted by Crippen LogP contribution is -2.17. The fourth-order valence-electron chi connectivity index (χ4n) is 2.22. The second-order valence-electron chi connectivity index (χ2n) is 4.94. The molecule has 0 unspecified atom stereocenters. The maximum Gasteiger partial charge on any atom is 0.295 e. The second-order valence-corrected chi connectivity index (χ2v) is 7.86. The molecule has 0 aliphatic heterocycles. The number of fused-ring (bicyclic) bond motifs is 1. The Morgan fingerprint density at radius 1 is 1.20 bits per heavy atom. The first-order valence-electron chi connectivity index (χ1n) is 6.95. The molecule has 25 heavy (non-hydrogen) atoms. The Morgan fingerprint density at radius 3 is 2.60 bits per heavy atom. The minimum absolute atomic E-state index is 0.0932. The van der Waals surface area contributed by atoms with Gasteiger partial charge in [-0.05, 0) is 65.1 Å². The Morgan fingerprint density at radius 2 is 1.92 bits per heavy atom. The van der Waals surface area contributed by atoms with Crippen molar-refractivity contribution < 1.29 is 17.7 Å². The van der Waals surface area contributed by atoms with Crippen molar-refractivity contribution in [3.63, 3.8) is 0 Å². The summed E-state index contributed by atoms with van der Waals surface area (Å²) < 4.78 is 38.8. The largest absolute Gasteiger partial charge is 0.428 e. The SMILES string of the molecule is O=S(=O)(O)c1cc(I)c(OC(=S)Nc2ccccc2)c2ncccc12. The van der Waals surface area contributed by atoms with E-state index in [2.05, 4.69) is 10.3 Å². The Labute approximate surface area is 163 Å². The maximum absolute atomic E-state index is 11.6.